The predicted octanol–water partition coefficient (Wildman–Crippen LogP) is 2.84. The highest BCUT2D eigenvalue weighted by Gasteiger charge is 2.11. The first-order valence-corrected chi connectivity index (χ1v) is 10.3. The molecule has 0 aliphatic carbocycles. The molecule has 2 aromatic carbocycles. The van der Waals surface area contributed by atoms with Crippen LogP contribution in [0.4, 0.5) is 4.39 Å². The molecule has 1 N–H and O–H groups in total. The second-order valence-electron chi connectivity index (χ2n) is 7.77. The molecule has 1 fully saturated rings. The molecule has 30 heavy (non-hydrogen) atoms. The van der Waals surface area contributed by atoms with Crippen molar-refractivity contribution in [3.8, 4) is 0 Å². The number of likely N-dealkylation sites (tertiary alicyclic amines) is 1. The molecule has 7 heteroatoms. The highest BCUT2D eigenvalue weighted by molar-refractivity contribution is 5.79. The second-order valence-corrected chi connectivity index (χ2v) is 7.77. The summed E-state index contributed by atoms with van der Waals surface area (Å²) < 4.78 is 14.6. The van der Waals surface area contributed by atoms with E-state index in [1.807, 2.05) is 12.1 Å². The molecule has 4 rings (SSSR count). The van der Waals surface area contributed by atoms with Gasteiger partial charge in [0.15, 0.2) is 0 Å². The van der Waals surface area contributed by atoms with Crippen molar-refractivity contribution in [2.24, 2.45) is 0 Å². The van der Waals surface area contributed by atoms with Gasteiger partial charge < -0.3 is 5.32 Å². The number of hydrogen-bond acceptors (Lipinski definition) is 4. The number of carbonyl (C=O) groups is 1. The standard InChI is InChI=1S/C23H25FN4O2/c24-19-8-9-21-20(12-19)23(30)28(16-26-21)15-22(29)25-13-17-4-6-18(7-5-17)14-27-10-2-1-3-11-27/h4-9,12,16H,1-3,10-11,13-15H2,(H,25,29). The van der Waals surface area contributed by atoms with Gasteiger partial charge in [0.25, 0.3) is 5.56 Å². The van der Waals surface area contributed by atoms with Gasteiger partial charge in [0.05, 0.1) is 17.2 Å². The van der Waals surface area contributed by atoms with Crippen LogP contribution in [-0.4, -0.2) is 33.4 Å². The van der Waals surface area contributed by atoms with Crippen LogP contribution in [0.5, 0.6) is 0 Å². The van der Waals surface area contributed by atoms with Crippen LogP contribution in [0.25, 0.3) is 10.9 Å². The van der Waals surface area contributed by atoms with Crippen molar-refractivity contribution in [2.75, 3.05) is 13.1 Å². The zero-order valence-corrected chi connectivity index (χ0v) is 16.8. The molecule has 1 amide bonds. The average Bonchev–Trinajstić information content (AvgIpc) is 2.76. The Morgan fingerprint density at radius 3 is 2.53 bits per heavy atom. The van der Waals surface area contributed by atoms with Gasteiger partial charge in [0.2, 0.25) is 5.91 Å². The molecule has 1 saturated heterocycles. The molecular formula is C23H25FN4O2. The smallest absolute Gasteiger partial charge is 0.261 e. The molecule has 6 nitrogen and oxygen atoms in total. The van der Waals surface area contributed by atoms with Crippen molar-refractivity contribution < 1.29 is 9.18 Å². The molecule has 0 bridgehead atoms. The van der Waals surface area contributed by atoms with Gasteiger partial charge in [-0.05, 0) is 55.3 Å². The summed E-state index contributed by atoms with van der Waals surface area (Å²) in [6.45, 7) is 3.50. The summed E-state index contributed by atoms with van der Waals surface area (Å²) in [4.78, 5) is 31.4. The third kappa shape index (κ3) is 4.91. The Morgan fingerprint density at radius 1 is 1.03 bits per heavy atom. The molecule has 1 aromatic heterocycles. The lowest BCUT2D eigenvalue weighted by molar-refractivity contribution is -0.121. The van der Waals surface area contributed by atoms with E-state index in [9.17, 15) is 14.0 Å². The highest BCUT2D eigenvalue weighted by Crippen LogP contribution is 2.13. The SMILES string of the molecule is O=C(Cn1cnc2ccc(F)cc2c1=O)NCc1ccc(CN2CCCCC2)cc1. The maximum Gasteiger partial charge on any atom is 0.261 e. The molecule has 0 atom stereocenters. The van der Waals surface area contributed by atoms with Gasteiger partial charge in [-0.25, -0.2) is 9.37 Å². The first-order valence-electron chi connectivity index (χ1n) is 10.3. The third-order valence-electron chi connectivity index (χ3n) is 5.47. The van der Waals surface area contributed by atoms with E-state index in [2.05, 4.69) is 27.3 Å². The largest absolute Gasteiger partial charge is 0.350 e. The molecule has 2 heterocycles. The van der Waals surface area contributed by atoms with Crippen LogP contribution in [0, 0.1) is 5.82 Å². The van der Waals surface area contributed by atoms with Crippen LogP contribution < -0.4 is 10.9 Å². The van der Waals surface area contributed by atoms with E-state index in [-0.39, 0.29) is 17.8 Å². The molecule has 3 aromatic rings. The lowest BCUT2D eigenvalue weighted by atomic mass is 10.1. The van der Waals surface area contributed by atoms with Gasteiger partial charge >= 0.3 is 0 Å². The lowest BCUT2D eigenvalue weighted by Crippen LogP contribution is -2.32. The van der Waals surface area contributed by atoms with Crippen LogP contribution in [0.15, 0.2) is 53.6 Å². The summed E-state index contributed by atoms with van der Waals surface area (Å²) >= 11 is 0. The quantitative estimate of drug-likeness (QED) is 0.681. The Hall–Kier alpha value is -3.06. The maximum absolute atomic E-state index is 13.4. The number of rotatable bonds is 6. The monoisotopic (exact) mass is 408 g/mol. The highest BCUT2D eigenvalue weighted by atomic mass is 19.1. The van der Waals surface area contributed by atoms with E-state index >= 15 is 0 Å². The van der Waals surface area contributed by atoms with Crippen molar-refractivity contribution in [1.29, 1.82) is 0 Å². The number of carbonyl (C=O) groups excluding carboxylic acids is 1. The molecule has 0 saturated carbocycles. The topological polar surface area (TPSA) is 67.2 Å². The first-order chi connectivity index (χ1) is 14.6. The molecule has 1 aliphatic heterocycles. The number of benzene rings is 2. The minimum absolute atomic E-state index is 0.161. The summed E-state index contributed by atoms with van der Waals surface area (Å²) in [5.41, 5.74) is 2.24. The molecule has 0 unspecified atom stereocenters. The minimum Gasteiger partial charge on any atom is -0.350 e. The lowest BCUT2D eigenvalue weighted by Gasteiger charge is -2.26. The number of piperidine rings is 1. The van der Waals surface area contributed by atoms with Crippen LogP contribution in [0.3, 0.4) is 0 Å². The van der Waals surface area contributed by atoms with Gasteiger partial charge in [-0.1, -0.05) is 30.7 Å². The first kappa shape index (κ1) is 20.2. The number of nitrogens with zero attached hydrogens (tertiary/aromatic N) is 3. The van der Waals surface area contributed by atoms with Gasteiger partial charge in [0.1, 0.15) is 12.4 Å². The van der Waals surface area contributed by atoms with Crippen molar-refractivity contribution in [3.05, 3.63) is 76.1 Å². The van der Waals surface area contributed by atoms with Crippen molar-refractivity contribution >= 4 is 16.8 Å². The van der Waals surface area contributed by atoms with Crippen molar-refractivity contribution in [2.45, 2.75) is 38.9 Å². The summed E-state index contributed by atoms with van der Waals surface area (Å²) in [5, 5.41) is 2.99. The minimum atomic E-state index is -0.507. The summed E-state index contributed by atoms with van der Waals surface area (Å²) in [5.74, 6) is -0.806. The Bertz CT molecular complexity index is 1090. The molecule has 156 valence electrons. The van der Waals surface area contributed by atoms with Gasteiger partial charge in [-0.3, -0.25) is 19.1 Å². The van der Waals surface area contributed by atoms with Gasteiger partial charge in [-0.15, -0.1) is 0 Å². The van der Waals surface area contributed by atoms with E-state index in [0.29, 0.717) is 12.1 Å². The zero-order valence-electron chi connectivity index (χ0n) is 16.8. The third-order valence-corrected chi connectivity index (χ3v) is 5.47. The summed E-state index contributed by atoms with van der Waals surface area (Å²) in [6, 6.07) is 12.1. The Morgan fingerprint density at radius 2 is 1.77 bits per heavy atom. The Balaban J connectivity index is 1.33. The van der Waals surface area contributed by atoms with Crippen LogP contribution in [-0.2, 0) is 24.4 Å². The van der Waals surface area contributed by atoms with E-state index in [1.54, 1.807) is 0 Å². The fraction of sp³-hybridized carbons (Fsp3) is 0.348. The average molecular weight is 408 g/mol. The zero-order chi connectivity index (χ0) is 20.9. The molecule has 0 spiro atoms. The fourth-order valence-electron chi connectivity index (χ4n) is 3.79. The van der Waals surface area contributed by atoms with Crippen LogP contribution in [0.2, 0.25) is 0 Å². The van der Waals surface area contributed by atoms with E-state index in [1.165, 1.54) is 47.9 Å². The van der Waals surface area contributed by atoms with E-state index in [4.69, 9.17) is 0 Å². The number of fused-ring (bicyclic) bond motifs is 1. The van der Waals surface area contributed by atoms with Crippen LogP contribution in [0.1, 0.15) is 30.4 Å². The van der Waals surface area contributed by atoms with Gasteiger partial charge in [-0.2, -0.15) is 0 Å². The van der Waals surface area contributed by atoms with E-state index < -0.39 is 11.4 Å². The predicted molar refractivity (Wildman–Crippen MR) is 113 cm³/mol. The van der Waals surface area contributed by atoms with Crippen LogP contribution >= 0.6 is 0 Å². The number of amides is 1. The van der Waals surface area contributed by atoms with E-state index in [0.717, 1.165) is 31.3 Å². The summed E-state index contributed by atoms with van der Waals surface area (Å²) in [6.07, 6.45) is 5.19. The van der Waals surface area contributed by atoms with Crippen molar-refractivity contribution in [1.82, 2.24) is 19.8 Å². The Kier molecular flexibility index (Phi) is 6.18. The fourth-order valence-corrected chi connectivity index (χ4v) is 3.79. The molecule has 0 radical (unpaired) electrons. The molecule has 1 aliphatic rings. The number of halogens is 1. The maximum atomic E-state index is 13.4. The number of nitrogens with one attached hydrogen (secondary N) is 1. The second kappa shape index (κ2) is 9.17. The summed E-state index contributed by atoms with van der Waals surface area (Å²) in [7, 11) is 0. The normalized spacial score (nSPS) is 14.7. The van der Waals surface area contributed by atoms with Crippen molar-refractivity contribution in [3.63, 3.8) is 0 Å². The number of aromatic nitrogens is 2. The molecular weight excluding hydrogens is 383 g/mol. The van der Waals surface area contributed by atoms with Gasteiger partial charge in [0, 0.05) is 13.1 Å². The number of hydrogen-bond donors (Lipinski definition) is 1. The Labute approximate surface area is 174 Å².